The molecule has 0 radical (unpaired) electrons. The zero-order valence-electron chi connectivity index (χ0n) is 15.8. The van der Waals surface area contributed by atoms with Gasteiger partial charge in [0.2, 0.25) is 0 Å². The first-order valence-corrected chi connectivity index (χ1v) is 10.2. The Morgan fingerprint density at radius 2 is 1.70 bits per heavy atom. The van der Waals surface area contributed by atoms with Crippen LogP contribution >= 0.6 is 11.8 Å². The number of nitrogens with zero attached hydrogens (tertiary/aromatic N) is 3. The van der Waals surface area contributed by atoms with Crippen LogP contribution in [-0.2, 0) is 10.5 Å². The van der Waals surface area contributed by atoms with Gasteiger partial charge in [0.05, 0.1) is 17.3 Å². The predicted molar refractivity (Wildman–Crippen MR) is 118 cm³/mol. The summed E-state index contributed by atoms with van der Waals surface area (Å²) in [6.07, 6.45) is 1.73. The fourth-order valence-corrected chi connectivity index (χ4v) is 4.03. The molecule has 3 aromatic rings. The van der Waals surface area contributed by atoms with Gasteiger partial charge in [-0.3, -0.25) is 9.69 Å². The monoisotopic (exact) mass is 413 g/mol. The number of amides is 1. The summed E-state index contributed by atoms with van der Waals surface area (Å²) in [5.41, 5.74) is 3.16. The minimum atomic E-state index is -0.375. The second-order valence-electron chi connectivity index (χ2n) is 6.51. The minimum Gasteiger partial charge on any atom is -0.266 e. The van der Waals surface area contributed by atoms with E-state index < -0.39 is 0 Å². The predicted octanol–water partition coefficient (Wildman–Crippen LogP) is 5.37. The summed E-state index contributed by atoms with van der Waals surface area (Å²) >= 11 is 1.36. The Bertz CT molecular complexity index is 1180. The molecule has 0 spiro atoms. The van der Waals surface area contributed by atoms with E-state index in [1.807, 2.05) is 48.5 Å². The van der Waals surface area contributed by atoms with Crippen molar-refractivity contribution in [2.24, 2.45) is 4.99 Å². The Balaban J connectivity index is 1.68. The highest BCUT2D eigenvalue weighted by Crippen LogP contribution is 2.31. The molecule has 1 aliphatic heterocycles. The first-order chi connectivity index (χ1) is 14.7. The summed E-state index contributed by atoms with van der Waals surface area (Å²) in [7, 11) is 0. The molecule has 1 amide bonds. The van der Waals surface area contributed by atoms with Crippen molar-refractivity contribution in [2.45, 2.75) is 5.75 Å². The van der Waals surface area contributed by atoms with E-state index in [1.54, 1.807) is 24.3 Å². The van der Waals surface area contributed by atoms with Crippen LogP contribution in [0.4, 0.5) is 10.1 Å². The van der Waals surface area contributed by atoms with Crippen molar-refractivity contribution < 1.29 is 9.18 Å². The molecule has 0 unspecified atom stereocenters. The molecule has 0 saturated heterocycles. The van der Waals surface area contributed by atoms with Gasteiger partial charge < -0.3 is 0 Å². The molecule has 0 fully saturated rings. The van der Waals surface area contributed by atoms with Gasteiger partial charge >= 0.3 is 0 Å². The van der Waals surface area contributed by atoms with E-state index in [9.17, 15) is 14.4 Å². The number of carbonyl (C=O) groups is 1. The van der Waals surface area contributed by atoms with Gasteiger partial charge in [-0.25, -0.2) is 9.38 Å². The lowest BCUT2D eigenvalue weighted by Crippen LogP contribution is -2.30. The molecule has 0 N–H and O–H groups in total. The van der Waals surface area contributed by atoms with Gasteiger partial charge in [0.25, 0.3) is 5.91 Å². The van der Waals surface area contributed by atoms with Gasteiger partial charge in [0.1, 0.15) is 11.5 Å². The Hall–Kier alpha value is -3.69. The van der Waals surface area contributed by atoms with Gasteiger partial charge in [-0.05, 0) is 47.5 Å². The first-order valence-electron chi connectivity index (χ1n) is 9.22. The van der Waals surface area contributed by atoms with Gasteiger partial charge in [-0.15, -0.1) is 0 Å². The number of rotatable bonds is 4. The molecule has 1 aliphatic rings. The van der Waals surface area contributed by atoms with E-state index >= 15 is 0 Å². The van der Waals surface area contributed by atoms with Crippen molar-refractivity contribution in [1.29, 1.82) is 5.26 Å². The molecule has 0 bridgehead atoms. The average Bonchev–Trinajstić information content (AvgIpc) is 3.09. The van der Waals surface area contributed by atoms with Crippen LogP contribution in [0.5, 0.6) is 0 Å². The van der Waals surface area contributed by atoms with Crippen LogP contribution in [0.25, 0.3) is 6.08 Å². The maximum Gasteiger partial charge on any atom is 0.283 e. The second-order valence-corrected chi connectivity index (χ2v) is 7.45. The minimum absolute atomic E-state index is 0.276. The Kier molecular flexibility index (Phi) is 5.73. The highest BCUT2D eigenvalue weighted by molar-refractivity contribution is 8.13. The van der Waals surface area contributed by atoms with Crippen LogP contribution in [0, 0.1) is 17.1 Å². The topological polar surface area (TPSA) is 56.5 Å². The Morgan fingerprint density at radius 1 is 1.00 bits per heavy atom. The molecular formula is C24H16FN3OS. The van der Waals surface area contributed by atoms with Crippen LogP contribution in [0.15, 0.2) is 89.6 Å². The Morgan fingerprint density at radius 3 is 2.43 bits per heavy atom. The maximum absolute atomic E-state index is 13.4. The van der Waals surface area contributed by atoms with E-state index in [0.717, 1.165) is 11.1 Å². The molecule has 0 saturated carbocycles. The highest BCUT2D eigenvalue weighted by Gasteiger charge is 2.32. The van der Waals surface area contributed by atoms with Crippen LogP contribution in [0.2, 0.25) is 0 Å². The standard InChI is InChI=1S/C24H16FN3OS/c25-20-10-12-21(13-11-20)28-23(29)22(14-17-6-2-1-3-7-17)27-24(28)30-16-19-9-5-4-8-18(19)15-26/h1-14H,16H2. The lowest BCUT2D eigenvalue weighted by molar-refractivity contribution is -0.113. The fourth-order valence-electron chi connectivity index (χ4n) is 3.02. The SMILES string of the molecule is N#Cc1ccccc1CSC1=NC(=Cc2ccccc2)C(=O)N1c1ccc(F)cc1. The maximum atomic E-state index is 13.4. The molecular weight excluding hydrogens is 397 g/mol. The second kappa shape index (κ2) is 8.76. The molecule has 30 heavy (non-hydrogen) atoms. The molecule has 4 nitrogen and oxygen atoms in total. The van der Waals surface area contributed by atoms with E-state index in [4.69, 9.17) is 0 Å². The molecule has 6 heteroatoms. The van der Waals surface area contributed by atoms with Gasteiger partial charge in [0.15, 0.2) is 5.17 Å². The number of nitriles is 1. The van der Waals surface area contributed by atoms with Crippen LogP contribution in [0.3, 0.4) is 0 Å². The highest BCUT2D eigenvalue weighted by atomic mass is 32.2. The van der Waals surface area contributed by atoms with Gasteiger partial charge in [0, 0.05) is 5.75 Å². The molecule has 4 rings (SSSR count). The third-order valence-electron chi connectivity index (χ3n) is 4.51. The summed E-state index contributed by atoms with van der Waals surface area (Å²) in [4.78, 5) is 19.2. The number of anilines is 1. The lowest BCUT2D eigenvalue weighted by Gasteiger charge is -2.18. The summed E-state index contributed by atoms with van der Waals surface area (Å²) in [6, 6.07) is 24.7. The lowest BCUT2D eigenvalue weighted by atomic mass is 10.1. The van der Waals surface area contributed by atoms with Crippen LogP contribution in [0.1, 0.15) is 16.7 Å². The summed E-state index contributed by atoms with van der Waals surface area (Å²) < 4.78 is 13.4. The molecule has 1 heterocycles. The Labute approximate surface area is 178 Å². The van der Waals surface area contributed by atoms with E-state index in [-0.39, 0.29) is 11.7 Å². The van der Waals surface area contributed by atoms with Crippen molar-refractivity contribution in [3.05, 3.63) is 107 Å². The summed E-state index contributed by atoms with van der Waals surface area (Å²) in [5.74, 6) is -0.173. The van der Waals surface area contributed by atoms with Crippen molar-refractivity contribution in [3.63, 3.8) is 0 Å². The van der Waals surface area contributed by atoms with Crippen molar-refractivity contribution >= 4 is 34.6 Å². The molecule has 0 aromatic heterocycles. The van der Waals surface area contributed by atoms with Crippen molar-refractivity contribution in [2.75, 3.05) is 4.90 Å². The molecule has 0 atom stereocenters. The molecule has 3 aromatic carbocycles. The normalized spacial score (nSPS) is 14.7. The number of halogens is 1. The zero-order chi connectivity index (χ0) is 20.9. The molecule has 146 valence electrons. The van der Waals surface area contributed by atoms with Crippen LogP contribution in [-0.4, -0.2) is 11.1 Å². The van der Waals surface area contributed by atoms with E-state index in [1.165, 1.54) is 28.8 Å². The van der Waals surface area contributed by atoms with Gasteiger partial charge in [-0.2, -0.15) is 5.26 Å². The third-order valence-corrected chi connectivity index (χ3v) is 5.50. The number of benzene rings is 3. The number of aliphatic imine (C=N–C) groups is 1. The quantitative estimate of drug-likeness (QED) is 0.540. The van der Waals surface area contributed by atoms with Crippen molar-refractivity contribution in [1.82, 2.24) is 0 Å². The smallest absolute Gasteiger partial charge is 0.266 e. The largest absolute Gasteiger partial charge is 0.283 e. The summed E-state index contributed by atoms with van der Waals surface area (Å²) in [5, 5.41) is 9.80. The van der Waals surface area contributed by atoms with Crippen molar-refractivity contribution in [3.8, 4) is 6.07 Å². The number of hydrogen-bond donors (Lipinski definition) is 0. The zero-order valence-corrected chi connectivity index (χ0v) is 16.6. The summed E-state index contributed by atoms with van der Waals surface area (Å²) in [6.45, 7) is 0. The average molecular weight is 413 g/mol. The molecule has 0 aliphatic carbocycles. The number of thioether (sulfide) groups is 1. The van der Waals surface area contributed by atoms with Crippen LogP contribution < -0.4 is 4.90 Å². The van der Waals surface area contributed by atoms with E-state index in [0.29, 0.717) is 27.9 Å². The number of hydrogen-bond acceptors (Lipinski definition) is 4. The fraction of sp³-hybridized carbons (Fsp3) is 0.0417. The third kappa shape index (κ3) is 4.17. The first kappa shape index (κ1) is 19.6. The van der Waals surface area contributed by atoms with E-state index in [2.05, 4.69) is 11.1 Å². The van der Waals surface area contributed by atoms with Gasteiger partial charge in [-0.1, -0.05) is 60.3 Å². The number of amidine groups is 1. The number of carbonyl (C=O) groups excluding carboxylic acids is 1.